The molecule has 0 amide bonds. The number of pyridine rings is 1. The standard InChI is InChI=1S/C15H21F3N2O2S/c1-13(2,3)23(21)20-10-8-14(4,5)22-12-9(10)6-7-11(19-12)15(16,17)18/h6-7,10,20H,8H2,1-5H3/t10-,23?/m1/s1. The third kappa shape index (κ3) is 4.23. The zero-order valence-electron chi connectivity index (χ0n) is 13.7. The summed E-state index contributed by atoms with van der Waals surface area (Å²) in [5, 5.41) is 0. The molecule has 8 heteroatoms. The van der Waals surface area contributed by atoms with Gasteiger partial charge in [0.2, 0.25) is 5.88 Å². The molecule has 0 saturated heterocycles. The quantitative estimate of drug-likeness (QED) is 0.884. The van der Waals surface area contributed by atoms with E-state index in [-0.39, 0.29) is 11.9 Å². The van der Waals surface area contributed by atoms with Crippen LogP contribution >= 0.6 is 0 Å². The molecule has 0 bridgehead atoms. The number of rotatable bonds is 2. The zero-order valence-corrected chi connectivity index (χ0v) is 14.6. The van der Waals surface area contributed by atoms with Crippen molar-refractivity contribution < 1.29 is 22.1 Å². The molecule has 0 spiro atoms. The summed E-state index contributed by atoms with van der Waals surface area (Å²) >= 11 is 0. The Kier molecular flexibility index (Phi) is 4.54. The van der Waals surface area contributed by atoms with E-state index in [1.54, 1.807) is 13.8 Å². The van der Waals surface area contributed by atoms with Crippen LogP contribution in [0.15, 0.2) is 12.1 Å². The highest BCUT2D eigenvalue weighted by Crippen LogP contribution is 2.40. The van der Waals surface area contributed by atoms with Gasteiger partial charge in [-0.1, -0.05) is 0 Å². The van der Waals surface area contributed by atoms with Crippen LogP contribution in [-0.2, 0) is 17.2 Å². The lowest BCUT2D eigenvalue weighted by Gasteiger charge is -2.37. The van der Waals surface area contributed by atoms with E-state index in [1.807, 2.05) is 20.8 Å². The van der Waals surface area contributed by atoms with Gasteiger partial charge in [-0.3, -0.25) is 0 Å². The summed E-state index contributed by atoms with van der Waals surface area (Å²) in [6.45, 7) is 9.02. The second-order valence-electron chi connectivity index (χ2n) is 7.21. The second-order valence-corrected chi connectivity index (χ2v) is 9.20. The number of ether oxygens (including phenoxy) is 1. The Labute approximate surface area is 136 Å². The summed E-state index contributed by atoms with van der Waals surface area (Å²) in [6.07, 6.45) is -4.05. The Morgan fingerprint density at radius 2 is 1.91 bits per heavy atom. The first-order chi connectivity index (χ1) is 10.3. The molecule has 1 aliphatic heterocycles. The molecular formula is C15H21F3N2O2S. The predicted octanol–water partition coefficient (Wildman–Crippen LogP) is 3.75. The third-order valence-electron chi connectivity index (χ3n) is 3.43. The lowest BCUT2D eigenvalue weighted by atomic mass is 9.92. The van der Waals surface area contributed by atoms with Gasteiger partial charge in [0.25, 0.3) is 0 Å². The van der Waals surface area contributed by atoms with Gasteiger partial charge in [-0.05, 0) is 46.8 Å². The topological polar surface area (TPSA) is 51.2 Å². The molecule has 2 atom stereocenters. The summed E-state index contributed by atoms with van der Waals surface area (Å²) in [5.74, 6) is -0.0560. The van der Waals surface area contributed by atoms with E-state index in [0.717, 1.165) is 6.07 Å². The Morgan fingerprint density at radius 3 is 2.43 bits per heavy atom. The molecule has 0 fully saturated rings. The summed E-state index contributed by atoms with van der Waals surface area (Å²) in [5.41, 5.74) is -1.20. The number of hydrogen-bond donors (Lipinski definition) is 1. The lowest BCUT2D eigenvalue weighted by molar-refractivity contribution is -0.141. The highest BCUT2D eigenvalue weighted by atomic mass is 32.2. The number of nitrogens with one attached hydrogen (secondary N) is 1. The largest absolute Gasteiger partial charge is 0.471 e. The fourth-order valence-corrected chi connectivity index (χ4v) is 3.09. The smallest absolute Gasteiger partial charge is 0.433 e. The molecule has 1 unspecified atom stereocenters. The van der Waals surface area contributed by atoms with Crippen LogP contribution in [0, 0.1) is 0 Å². The molecule has 130 valence electrons. The molecule has 1 aromatic rings. The fourth-order valence-electron chi connectivity index (χ4n) is 2.27. The highest BCUT2D eigenvalue weighted by Gasteiger charge is 2.39. The lowest BCUT2D eigenvalue weighted by Crippen LogP contribution is -2.43. The predicted molar refractivity (Wildman–Crippen MR) is 82.3 cm³/mol. The van der Waals surface area contributed by atoms with E-state index in [2.05, 4.69) is 9.71 Å². The maximum atomic E-state index is 12.8. The third-order valence-corrected chi connectivity index (χ3v) is 5.04. The average molecular weight is 350 g/mol. The Morgan fingerprint density at radius 1 is 1.30 bits per heavy atom. The first-order valence-electron chi connectivity index (χ1n) is 7.25. The van der Waals surface area contributed by atoms with Crippen molar-refractivity contribution in [3.05, 3.63) is 23.4 Å². The van der Waals surface area contributed by atoms with Crippen LogP contribution < -0.4 is 9.46 Å². The number of aromatic nitrogens is 1. The molecule has 2 heterocycles. The minimum Gasteiger partial charge on any atom is -0.471 e. The SMILES string of the molecule is CC1(C)C[C@@H](NS(=O)C(C)(C)C)c2ccc(C(F)(F)F)nc2O1. The van der Waals surface area contributed by atoms with Crippen LogP contribution in [0.4, 0.5) is 13.2 Å². The molecule has 1 N–H and O–H groups in total. The van der Waals surface area contributed by atoms with E-state index in [9.17, 15) is 17.4 Å². The Bertz CT molecular complexity index is 624. The number of hydrogen-bond acceptors (Lipinski definition) is 3. The van der Waals surface area contributed by atoms with Crippen LogP contribution in [0.3, 0.4) is 0 Å². The molecule has 0 saturated carbocycles. The van der Waals surface area contributed by atoms with Crippen molar-refractivity contribution in [3.63, 3.8) is 0 Å². The van der Waals surface area contributed by atoms with Gasteiger partial charge in [0.15, 0.2) is 0 Å². The van der Waals surface area contributed by atoms with Gasteiger partial charge in [-0.15, -0.1) is 0 Å². The van der Waals surface area contributed by atoms with E-state index in [4.69, 9.17) is 4.74 Å². The normalized spacial score (nSPS) is 22.2. The minimum absolute atomic E-state index is 0.0560. The van der Waals surface area contributed by atoms with Crippen LogP contribution in [0.5, 0.6) is 5.88 Å². The monoisotopic (exact) mass is 350 g/mol. The molecule has 1 aliphatic rings. The van der Waals surface area contributed by atoms with E-state index >= 15 is 0 Å². The average Bonchev–Trinajstić information content (AvgIpc) is 2.34. The van der Waals surface area contributed by atoms with Gasteiger partial charge >= 0.3 is 6.18 Å². The number of nitrogens with zero attached hydrogens (tertiary/aromatic N) is 1. The van der Waals surface area contributed by atoms with Crippen molar-refractivity contribution in [2.24, 2.45) is 0 Å². The molecular weight excluding hydrogens is 329 g/mol. The highest BCUT2D eigenvalue weighted by molar-refractivity contribution is 7.84. The van der Waals surface area contributed by atoms with Crippen LogP contribution in [-0.4, -0.2) is 19.5 Å². The summed E-state index contributed by atoms with van der Waals surface area (Å²) < 4.78 is 59.0. The van der Waals surface area contributed by atoms with Gasteiger partial charge in [0.05, 0.1) is 21.8 Å². The van der Waals surface area contributed by atoms with Gasteiger partial charge in [-0.25, -0.2) is 13.9 Å². The Balaban J connectivity index is 2.39. The van der Waals surface area contributed by atoms with Crippen molar-refractivity contribution >= 4 is 11.0 Å². The van der Waals surface area contributed by atoms with Crippen molar-refractivity contribution in [3.8, 4) is 5.88 Å². The van der Waals surface area contributed by atoms with Crippen molar-refractivity contribution in [2.75, 3.05) is 0 Å². The van der Waals surface area contributed by atoms with Gasteiger partial charge in [0.1, 0.15) is 11.3 Å². The molecule has 23 heavy (non-hydrogen) atoms. The Hall–Kier alpha value is -1.15. The van der Waals surface area contributed by atoms with Crippen LogP contribution in [0.1, 0.15) is 58.3 Å². The van der Waals surface area contributed by atoms with Crippen molar-refractivity contribution in [1.82, 2.24) is 9.71 Å². The zero-order chi connectivity index (χ0) is 17.6. The van der Waals surface area contributed by atoms with Crippen LogP contribution in [0.2, 0.25) is 0 Å². The summed E-state index contributed by atoms with van der Waals surface area (Å²) in [7, 11) is -1.35. The number of halogens is 3. The molecule has 0 aromatic carbocycles. The maximum Gasteiger partial charge on any atom is 0.433 e. The molecule has 0 aliphatic carbocycles. The summed E-state index contributed by atoms with van der Waals surface area (Å²) in [4.78, 5) is 3.61. The van der Waals surface area contributed by atoms with E-state index in [0.29, 0.717) is 12.0 Å². The van der Waals surface area contributed by atoms with Gasteiger partial charge < -0.3 is 4.74 Å². The summed E-state index contributed by atoms with van der Waals surface area (Å²) in [6, 6.07) is 1.89. The van der Waals surface area contributed by atoms with Crippen molar-refractivity contribution in [2.45, 2.75) is 63.6 Å². The second kappa shape index (κ2) is 5.73. The van der Waals surface area contributed by atoms with E-state index in [1.165, 1.54) is 6.07 Å². The maximum absolute atomic E-state index is 12.8. The van der Waals surface area contributed by atoms with Crippen molar-refractivity contribution in [1.29, 1.82) is 0 Å². The van der Waals surface area contributed by atoms with Gasteiger partial charge in [0, 0.05) is 12.0 Å². The van der Waals surface area contributed by atoms with E-state index < -0.39 is 33.2 Å². The fraction of sp³-hybridized carbons (Fsp3) is 0.667. The molecule has 1 aromatic heterocycles. The first kappa shape index (κ1) is 18.2. The number of fused-ring (bicyclic) bond motifs is 1. The van der Waals surface area contributed by atoms with Crippen LogP contribution in [0.25, 0.3) is 0 Å². The minimum atomic E-state index is -4.53. The molecule has 4 nitrogen and oxygen atoms in total. The first-order valence-corrected chi connectivity index (χ1v) is 8.40. The molecule has 2 rings (SSSR count). The van der Waals surface area contributed by atoms with Gasteiger partial charge in [-0.2, -0.15) is 13.2 Å². The number of alkyl halides is 3. The molecule has 0 radical (unpaired) electrons.